The Morgan fingerprint density at radius 3 is 2.64 bits per heavy atom. The summed E-state index contributed by atoms with van der Waals surface area (Å²) in [6.45, 7) is 0.361. The van der Waals surface area contributed by atoms with E-state index < -0.39 is 0 Å². The highest BCUT2D eigenvalue weighted by Crippen LogP contribution is 2.28. The lowest BCUT2D eigenvalue weighted by Gasteiger charge is -2.24. The summed E-state index contributed by atoms with van der Waals surface area (Å²) in [6.07, 6.45) is 3.10. The first-order valence-corrected chi connectivity index (χ1v) is 7.49. The third kappa shape index (κ3) is 3.64. The van der Waals surface area contributed by atoms with Gasteiger partial charge in [0.1, 0.15) is 18.2 Å². The van der Waals surface area contributed by atoms with Crippen LogP contribution < -0.4 is 10.1 Å². The summed E-state index contributed by atoms with van der Waals surface area (Å²) in [5.74, 6) is 0.658. The van der Waals surface area contributed by atoms with Gasteiger partial charge < -0.3 is 10.1 Å². The lowest BCUT2D eigenvalue weighted by Crippen LogP contribution is -2.27. The van der Waals surface area contributed by atoms with Crippen LogP contribution in [0.15, 0.2) is 48.5 Å². The van der Waals surface area contributed by atoms with Crippen molar-refractivity contribution in [2.75, 3.05) is 5.32 Å². The Morgan fingerprint density at radius 2 is 1.95 bits per heavy atom. The molecule has 0 saturated heterocycles. The van der Waals surface area contributed by atoms with Crippen LogP contribution in [0, 0.1) is 11.7 Å². The number of hydrogen-bond donors (Lipinski definition) is 1. The lowest BCUT2D eigenvalue weighted by atomic mass is 9.85. The van der Waals surface area contributed by atoms with Crippen LogP contribution in [0.5, 0.6) is 5.75 Å². The average Bonchev–Trinajstić information content (AvgIpc) is 2.45. The van der Waals surface area contributed by atoms with Gasteiger partial charge in [-0.25, -0.2) is 4.39 Å². The number of anilines is 1. The van der Waals surface area contributed by atoms with Gasteiger partial charge in [0.15, 0.2) is 0 Å². The molecule has 3 rings (SSSR count). The molecular weight excluding hydrogens is 281 g/mol. The summed E-state index contributed by atoms with van der Waals surface area (Å²) >= 11 is 0. The molecule has 3 nitrogen and oxygen atoms in total. The van der Waals surface area contributed by atoms with Gasteiger partial charge in [-0.3, -0.25) is 4.79 Å². The van der Waals surface area contributed by atoms with Gasteiger partial charge >= 0.3 is 0 Å². The van der Waals surface area contributed by atoms with Crippen molar-refractivity contribution in [3.8, 4) is 5.75 Å². The second-order valence-electron chi connectivity index (χ2n) is 5.56. The summed E-state index contributed by atoms with van der Waals surface area (Å²) in [5.41, 5.74) is 1.64. The van der Waals surface area contributed by atoms with E-state index in [1.807, 2.05) is 18.2 Å². The normalized spacial score (nSPS) is 14.2. The van der Waals surface area contributed by atoms with Gasteiger partial charge in [0, 0.05) is 17.7 Å². The monoisotopic (exact) mass is 299 g/mol. The van der Waals surface area contributed by atoms with Crippen molar-refractivity contribution in [2.24, 2.45) is 5.92 Å². The first-order valence-electron chi connectivity index (χ1n) is 7.49. The van der Waals surface area contributed by atoms with Crippen LogP contribution in [0.25, 0.3) is 0 Å². The molecule has 0 spiro atoms. The molecule has 1 amide bonds. The van der Waals surface area contributed by atoms with Crippen LogP contribution in [-0.4, -0.2) is 5.91 Å². The molecule has 0 heterocycles. The minimum absolute atomic E-state index is 0.0851. The maximum Gasteiger partial charge on any atom is 0.227 e. The number of carbonyl (C=O) groups excluding carboxylic acids is 1. The molecule has 1 N–H and O–H groups in total. The van der Waals surface area contributed by atoms with Crippen molar-refractivity contribution >= 4 is 11.6 Å². The largest absolute Gasteiger partial charge is 0.489 e. The second kappa shape index (κ2) is 6.60. The molecular formula is C18H18FNO2. The topological polar surface area (TPSA) is 38.3 Å². The van der Waals surface area contributed by atoms with Crippen LogP contribution in [0.2, 0.25) is 0 Å². The van der Waals surface area contributed by atoms with Gasteiger partial charge in [-0.2, -0.15) is 0 Å². The Balaban J connectivity index is 1.58. The molecule has 2 aromatic rings. The molecule has 1 fully saturated rings. The number of rotatable bonds is 5. The highest BCUT2D eigenvalue weighted by Gasteiger charge is 2.25. The molecule has 0 aliphatic heterocycles. The third-order valence-corrected chi connectivity index (χ3v) is 3.90. The molecule has 1 aliphatic carbocycles. The van der Waals surface area contributed by atoms with E-state index in [2.05, 4.69) is 5.32 Å². The molecule has 0 atom stereocenters. The van der Waals surface area contributed by atoms with Gasteiger partial charge in [0.25, 0.3) is 0 Å². The molecule has 0 aromatic heterocycles. The molecule has 2 aromatic carbocycles. The predicted molar refractivity (Wildman–Crippen MR) is 83.1 cm³/mol. The van der Waals surface area contributed by atoms with Crippen LogP contribution in [0.1, 0.15) is 24.8 Å². The van der Waals surface area contributed by atoms with Crippen LogP contribution >= 0.6 is 0 Å². The van der Waals surface area contributed by atoms with Crippen molar-refractivity contribution in [3.05, 3.63) is 59.9 Å². The second-order valence-corrected chi connectivity index (χ2v) is 5.56. The van der Waals surface area contributed by atoms with E-state index in [4.69, 9.17) is 4.74 Å². The van der Waals surface area contributed by atoms with Crippen molar-refractivity contribution in [2.45, 2.75) is 25.9 Å². The first-order chi connectivity index (χ1) is 10.7. The fraction of sp³-hybridized carbons (Fsp3) is 0.278. The van der Waals surface area contributed by atoms with Crippen LogP contribution in [0.3, 0.4) is 0 Å². The van der Waals surface area contributed by atoms with E-state index in [1.165, 1.54) is 12.1 Å². The number of carbonyl (C=O) groups is 1. The van der Waals surface area contributed by atoms with E-state index in [9.17, 15) is 9.18 Å². The Bertz CT molecular complexity index is 650. The molecule has 0 unspecified atom stereocenters. The number of ether oxygens (including phenoxy) is 1. The smallest absolute Gasteiger partial charge is 0.227 e. The fourth-order valence-corrected chi connectivity index (χ4v) is 2.33. The fourth-order valence-electron chi connectivity index (χ4n) is 2.33. The SMILES string of the molecule is O=C(Nc1cccc(OCc2ccc(F)cc2)c1)C1CCC1. The van der Waals surface area contributed by atoms with Crippen LogP contribution in [0.4, 0.5) is 10.1 Å². The molecule has 0 bridgehead atoms. The average molecular weight is 299 g/mol. The maximum atomic E-state index is 12.8. The third-order valence-electron chi connectivity index (χ3n) is 3.90. The van der Waals surface area contributed by atoms with Crippen molar-refractivity contribution in [3.63, 3.8) is 0 Å². The molecule has 1 saturated carbocycles. The van der Waals surface area contributed by atoms with E-state index in [1.54, 1.807) is 18.2 Å². The van der Waals surface area contributed by atoms with Gasteiger partial charge in [-0.15, -0.1) is 0 Å². The number of nitrogens with one attached hydrogen (secondary N) is 1. The lowest BCUT2D eigenvalue weighted by molar-refractivity contribution is -0.122. The number of hydrogen-bond acceptors (Lipinski definition) is 2. The van der Waals surface area contributed by atoms with E-state index in [0.717, 1.165) is 30.5 Å². The summed E-state index contributed by atoms with van der Waals surface area (Å²) in [7, 11) is 0. The Morgan fingerprint density at radius 1 is 1.18 bits per heavy atom. The highest BCUT2D eigenvalue weighted by molar-refractivity contribution is 5.93. The number of benzene rings is 2. The highest BCUT2D eigenvalue weighted by atomic mass is 19.1. The van der Waals surface area contributed by atoms with Crippen molar-refractivity contribution in [1.29, 1.82) is 0 Å². The van der Waals surface area contributed by atoms with Crippen molar-refractivity contribution in [1.82, 2.24) is 0 Å². The molecule has 1 aliphatic rings. The quantitative estimate of drug-likeness (QED) is 0.901. The zero-order valence-corrected chi connectivity index (χ0v) is 12.2. The molecule has 0 radical (unpaired) electrons. The predicted octanol–water partition coefficient (Wildman–Crippen LogP) is 4.14. The number of halogens is 1. The standard InChI is InChI=1S/C18H18FNO2/c19-15-9-7-13(8-10-15)12-22-17-6-2-5-16(11-17)20-18(21)14-3-1-4-14/h2,5-11,14H,1,3-4,12H2,(H,20,21). The summed E-state index contributed by atoms with van der Waals surface area (Å²) in [5, 5.41) is 2.92. The van der Waals surface area contributed by atoms with Gasteiger partial charge in [-0.05, 0) is 42.7 Å². The Kier molecular flexibility index (Phi) is 4.37. The summed E-state index contributed by atoms with van der Waals surface area (Å²) in [4.78, 5) is 11.9. The van der Waals surface area contributed by atoms with Gasteiger partial charge in [0.2, 0.25) is 5.91 Å². The van der Waals surface area contributed by atoms with Gasteiger partial charge in [0.05, 0.1) is 0 Å². The minimum atomic E-state index is -0.260. The summed E-state index contributed by atoms with van der Waals surface area (Å²) < 4.78 is 18.5. The van der Waals surface area contributed by atoms with E-state index in [-0.39, 0.29) is 17.6 Å². The van der Waals surface area contributed by atoms with Gasteiger partial charge in [-0.1, -0.05) is 24.6 Å². The van der Waals surface area contributed by atoms with E-state index in [0.29, 0.717) is 12.4 Å². The first kappa shape index (κ1) is 14.6. The summed E-state index contributed by atoms with van der Waals surface area (Å²) in [6, 6.07) is 13.5. The zero-order chi connectivity index (χ0) is 15.4. The van der Waals surface area contributed by atoms with E-state index >= 15 is 0 Å². The van der Waals surface area contributed by atoms with Crippen molar-refractivity contribution < 1.29 is 13.9 Å². The molecule has 4 heteroatoms. The molecule has 114 valence electrons. The Hall–Kier alpha value is -2.36. The Labute approximate surface area is 129 Å². The number of amides is 1. The zero-order valence-electron chi connectivity index (χ0n) is 12.2. The maximum absolute atomic E-state index is 12.8. The molecule has 22 heavy (non-hydrogen) atoms. The minimum Gasteiger partial charge on any atom is -0.489 e. The van der Waals surface area contributed by atoms with Crippen LogP contribution in [-0.2, 0) is 11.4 Å².